The third-order valence-electron chi connectivity index (χ3n) is 1.38. The van der Waals surface area contributed by atoms with Crippen LogP contribution in [0.2, 0.25) is 0 Å². The highest BCUT2D eigenvalue weighted by Crippen LogP contribution is 2.15. The molecule has 0 unspecified atom stereocenters. The second-order valence-corrected chi connectivity index (χ2v) is 2.12. The number of pyridine rings is 1. The summed E-state index contributed by atoms with van der Waals surface area (Å²) in [6, 6.07) is 1.81. The van der Waals surface area contributed by atoms with Gasteiger partial charge in [0.15, 0.2) is 0 Å². The lowest BCUT2D eigenvalue weighted by Gasteiger charge is -2.04. The molecule has 0 saturated heterocycles. The highest BCUT2D eigenvalue weighted by Gasteiger charge is 1.99. The largest absolute Gasteiger partial charge is 0.496 e. The molecule has 3 nitrogen and oxygen atoms in total. The van der Waals surface area contributed by atoms with Crippen LogP contribution in [0.4, 0.5) is 0 Å². The van der Waals surface area contributed by atoms with Crippen LogP contribution in [0.25, 0.3) is 0 Å². The van der Waals surface area contributed by atoms with E-state index >= 15 is 0 Å². The molecule has 0 N–H and O–H groups in total. The van der Waals surface area contributed by atoms with Crippen molar-refractivity contribution in [1.29, 1.82) is 0 Å². The summed E-state index contributed by atoms with van der Waals surface area (Å²) in [5.41, 5.74) is 0.970. The van der Waals surface area contributed by atoms with Gasteiger partial charge in [-0.15, -0.1) is 0 Å². The summed E-state index contributed by atoms with van der Waals surface area (Å²) in [5, 5.41) is 0. The fourth-order valence-electron chi connectivity index (χ4n) is 0.877. The third-order valence-corrected chi connectivity index (χ3v) is 1.38. The molecule has 0 aromatic carbocycles. The van der Waals surface area contributed by atoms with Crippen molar-refractivity contribution < 1.29 is 9.47 Å². The summed E-state index contributed by atoms with van der Waals surface area (Å²) in [7, 11) is 3.28. The van der Waals surface area contributed by atoms with Crippen molar-refractivity contribution in [3.05, 3.63) is 24.0 Å². The van der Waals surface area contributed by atoms with E-state index in [1.807, 2.05) is 6.07 Å². The van der Waals surface area contributed by atoms with Crippen molar-refractivity contribution in [2.24, 2.45) is 0 Å². The molecular weight excluding hydrogens is 142 g/mol. The summed E-state index contributed by atoms with van der Waals surface area (Å²) in [5.74, 6) is 0.821. The van der Waals surface area contributed by atoms with Crippen molar-refractivity contribution >= 4 is 0 Å². The lowest BCUT2D eigenvalue weighted by molar-refractivity contribution is 0.181. The summed E-state index contributed by atoms with van der Waals surface area (Å²) >= 11 is 0. The van der Waals surface area contributed by atoms with E-state index in [4.69, 9.17) is 9.47 Å². The third kappa shape index (κ3) is 1.91. The SMILES string of the molecule is COCc1cnccc1OC. The standard InChI is InChI=1S/C8H11NO2/c1-10-6-7-5-9-4-3-8(7)11-2/h3-5H,6H2,1-2H3. The number of aromatic nitrogens is 1. The first-order chi connectivity index (χ1) is 5.38. The summed E-state index contributed by atoms with van der Waals surface area (Å²) in [4.78, 5) is 3.95. The lowest BCUT2D eigenvalue weighted by Crippen LogP contribution is -1.93. The van der Waals surface area contributed by atoms with Gasteiger partial charge in [-0.25, -0.2) is 0 Å². The Morgan fingerprint density at radius 3 is 2.91 bits per heavy atom. The van der Waals surface area contributed by atoms with E-state index in [9.17, 15) is 0 Å². The molecule has 1 heterocycles. The maximum Gasteiger partial charge on any atom is 0.127 e. The molecule has 0 fully saturated rings. The van der Waals surface area contributed by atoms with E-state index in [2.05, 4.69) is 4.98 Å². The van der Waals surface area contributed by atoms with Gasteiger partial charge in [0.25, 0.3) is 0 Å². The van der Waals surface area contributed by atoms with Crippen LogP contribution in [0.3, 0.4) is 0 Å². The lowest BCUT2D eigenvalue weighted by atomic mass is 10.3. The predicted molar refractivity (Wildman–Crippen MR) is 41.5 cm³/mol. The van der Waals surface area contributed by atoms with Crippen molar-refractivity contribution in [2.75, 3.05) is 14.2 Å². The number of nitrogens with zero attached hydrogens (tertiary/aromatic N) is 1. The van der Waals surface area contributed by atoms with Crippen LogP contribution in [-0.2, 0) is 11.3 Å². The van der Waals surface area contributed by atoms with E-state index in [1.54, 1.807) is 26.6 Å². The van der Waals surface area contributed by atoms with E-state index in [0.29, 0.717) is 6.61 Å². The van der Waals surface area contributed by atoms with Crippen molar-refractivity contribution in [3.63, 3.8) is 0 Å². The minimum Gasteiger partial charge on any atom is -0.496 e. The highest BCUT2D eigenvalue weighted by molar-refractivity contribution is 5.29. The first-order valence-electron chi connectivity index (χ1n) is 3.34. The fraction of sp³-hybridized carbons (Fsp3) is 0.375. The summed E-state index contributed by atoms with van der Waals surface area (Å²) < 4.78 is 10.0. The van der Waals surface area contributed by atoms with Gasteiger partial charge in [-0.2, -0.15) is 0 Å². The fourth-order valence-corrected chi connectivity index (χ4v) is 0.877. The van der Waals surface area contributed by atoms with Gasteiger partial charge in [0, 0.05) is 25.1 Å². The second kappa shape index (κ2) is 3.93. The molecular formula is C8H11NO2. The number of ether oxygens (including phenoxy) is 2. The van der Waals surface area contributed by atoms with Crippen molar-refractivity contribution in [3.8, 4) is 5.75 Å². The monoisotopic (exact) mass is 153 g/mol. The first-order valence-corrected chi connectivity index (χ1v) is 3.34. The summed E-state index contributed by atoms with van der Waals surface area (Å²) in [6.45, 7) is 0.539. The van der Waals surface area contributed by atoms with Gasteiger partial charge in [0.1, 0.15) is 5.75 Å². The molecule has 1 aromatic rings. The van der Waals surface area contributed by atoms with Crippen LogP contribution in [0.1, 0.15) is 5.56 Å². The van der Waals surface area contributed by atoms with Crippen LogP contribution in [0, 0.1) is 0 Å². The average molecular weight is 153 g/mol. The molecule has 0 bridgehead atoms. The Morgan fingerprint density at radius 2 is 2.27 bits per heavy atom. The van der Waals surface area contributed by atoms with Gasteiger partial charge in [0.2, 0.25) is 0 Å². The van der Waals surface area contributed by atoms with Gasteiger partial charge in [0.05, 0.1) is 13.7 Å². The highest BCUT2D eigenvalue weighted by atomic mass is 16.5. The number of methoxy groups -OCH3 is 2. The van der Waals surface area contributed by atoms with Gasteiger partial charge >= 0.3 is 0 Å². The molecule has 60 valence electrons. The molecule has 0 aliphatic heterocycles. The molecule has 0 radical (unpaired) electrons. The number of hydrogen-bond donors (Lipinski definition) is 0. The smallest absolute Gasteiger partial charge is 0.127 e. The predicted octanol–water partition coefficient (Wildman–Crippen LogP) is 1.24. The maximum absolute atomic E-state index is 5.08. The Balaban J connectivity index is 2.83. The maximum atomic E-state index is 5.08. The van der Waals surface area contributed by atoms with Crippen molar-refractivity contribution in [1.82, 2.24) is 4.98 Å². The zero-order valence-electron chi connectivity index (χ0n) is 6.70. The van der Waals surface area contributed by atoms with Crippen LogP contribution in [0.5, 0.6) is 5.75 Å². The Bertz CT molecular complexity index is 225. The van der Waals surface area contributed by atoms with E-state index in [1.165, 1.54) is 0 Å². The molecule has 0 atom stereocenters. The molecule has 11 heavy (non-hydrogen) atoms. The van der Waals surface area contributed by atoms with Crippen molar-refractivity contribution in [2.45, 2.75) is 6.61 Å². The van der Waals surface area contributed by atoms with E-state index in [0.717, 1.165) is 11.3 Å². The van der Waals surface area contributed by atoms with Crippen LogP contribution >= 0.6 is 0 Å². The van der Waals surface area contributed by atoms with Gasteiger partial charge < -0.3 is 9.47 Å². The molecule has 0 spiro atoms. The normalized spacial score (nSPS) is 9.64. The Morgan fingerprint density at radius 1 is 1.45 bits per heavy atom. The first kappa shape index (κ1) is 8.01. The zero-order chi connectivity index (χ0) is 8.10. The topological polar surface area (TPSA) is 31.4 Å². The Hall–Kier alpha value is -1.09. The Labute approximate surface area is 66.0 Å². The minimum atomic E-state index is 0.539. The summed E-state index contributed by atoms with van der Waals surface area (Å²) in [6.07, 6.45) is 3.43. The number of rotatable bonds is 3. The van der Waals surface area contributed by atoms with E-state index in [-0.39, 0.29) is 0 Å². The van der Waals surface area contributed by atoms with Gasteiger partial charge in [-0.05, 0) is 6.07 Å². The minimum absolute atomic E-state index is 0.539. The molecule has 0 aliphatic rings. The van der Waals surface area contributed by atoms with E-state index < -0.39 is 0 Å². The molecule has 3 heteroatoms. The molecule has 1 aromatic heterocycles. The average Bonchev–Trinajstić information content (AvgIpc) is 2.06. The Kier molecular flexibility index (Phi) is 2.86. The molecule has 1 rings (SSSR count). The molecule has 0 saturated carbocycles. The van der Waals surface area contributed by atoms with Gasteiger partial charge in [-0.3, -0.25) is 4.98 Å². The molecule has 0 amide bonds. The quantitative estimate of drug-likeness (QED) is 0.654. The number of hydrogen-bond acceptors (Lipinski definition) is 3. The second-order valence-electron chi connectivity index (χ2n) is 2.12. The van der Waals surface area contributed by atoms with Crippen LogP contribution in [0.15, 0.2) is 18.5 Å². The van der Waals surface area contributed by atoms with Crippen LogP contribution < -0.4 is 4.74 Å². The molecule has 0 aliphatic carbocycles. The van der Waals surface area contributed by atoms with Gasteiger partial charge in [-0.1, -0.05) is 0 Å². The zero-order valence-corrected chi connectivity index (χ0v) is 6.70. The van der Waals surface area contributed by atoms with Crippen LogP contribution in [-0.4, -0.2) is 19.2 Å².